The molecule has 4 heteroatoms. The van der Waals surface area contributed by atoms with Gasteiger partial charge in [-0.05, 0) is 11.5 Å². The predicted octanol–water partition coefficient (Wildman–Crippen LogP) is 1.12. The summed E-state index contributed by atoms with van der Waals surface area (Å²) in [6, 6.07) is 0. The zero-order valence-corrected chi connectivity index (χ0v) is 6.98. The van der Waals surface area contributed by atoms with Crippen LogP contribution in [0.25, 0.3) is 0 Å². The predicted molar refractivity (Wildman–Crippen MR) is 41.9 cm³/mol. The van der Waals surface area contributed by atoms with Crippen molar-refractivity contribution >= 4 is 11.5 Å². The summed E-state index contributed by atoms with van der Waals surface area (Å²) in [5, 5.41) is 0.920. The Morgan fingerprint density at radius 1 is 1.60 bits per heavy atom. The van der Waals surface area contributed by atoms with Crippen molar-refractivity contribution in [1.82, 2.24) is 9.36 Å². The van der Waals surface area contributed by atoms with Gasteiger partial charge in [0.15, 0.2) is 0 Å². The van der Waals surface area contributed by atoms with E-state index in [1.54, 1.807) is 0 Å². The number of nitrogens with two attached hydrogens (primary N) is 1. The van der Waals surface area contributed by atoms with Crippen molar-refractivity contribution in [2.45, 2.75) is 26.3 Å². The minimum atomic E-state index is 0.413. The molecule has 1 aromatic rings. The Balaban J connectivity index is 2.78. The molecule has 0 saturated carbocycles. The summed E-state index contributed by atoms with van der Waals surface area (Å²) in [5.74, 6) is 1.32. The van der Waals surface area contributed by atoms with Gasteiger partial charge in [-0.15, -0.1) is 0 Å². The number of aromatic nitrogens is 2. The first-order valence-corrected chi connectivity index (χ1v) is 4.04. The van der Waals surface area contributed by atoms with Crippen LogP contribution in [0, 0.1) is 0 Å². The van der Waals surface area contributed by atoms with Gasteiger partial charge in [0.2, 0.25) is 0 Å². The molecule has 2 N–H and O–H groups in total. The summed E-state index contributed by atoms with van der Waals surface area (Å²) >= 11 is 1.39. The second kappa shape index (κ2) is 3.07. The summed E-state index contributed by atoms with van der Waals surface area (Å²) in [6.45, 7) is 4.65. The average molecular weight is 157 g/mol. The van der Waals surface area contributed by atoms with E-state index in [4.69, 9.17) is 5.73 Å². The van der Waals surface area contributed by atoms with E-state index >= 15 is 0 Å². The zero-order valence-electron chi connectivity index (χ0n) is 6.16. The lowest BCUT2D eigenvalue weighted by Gasteiger charge is -1.93. The van der Waals surface area contributed by atoms with Gasteiger partial charge in [0.1, 0.15) is 10.8 Å². The van der Waals surface area contributed by atoms with Gasteiger partial charge in [-0.2, -0.15) is 4.37 Å². The van der Waals surface area contributed by atoms with Crippen LogP contribution in [0.5, 0.6) is 0 Å². The molecule has 10 heavy (non-hydrogen) atoms. The van der Waals surface area contributed by atoms with Crippen LogP contribution in [-0.2, 0) is 6.54 Å². The van der Waals surface area contributed by atoms with Crippen molar-refractivity contribution in [2.75, 3.05) is 0 Å². The fourth-order valence-electron chi connectivity index (χ4n) is 0.585. The van der Waals surface area contributed by atoms with Gasteiger partial charge in [-0.3, -0.25) is 0 Å². The van der Waals surface area contributed by atoms with Crippen molar-refractivity contribution in [2.24, 2.45) is 5.73 Å². The first kappa shape index (κ1) is 7.63. The lowest BCUT2D eigenvalue weighted by atomic mass is 10.2. The van der Waals surface area contributed by atoms with Gasteiger partial charge in [-0.1, -0.05) is 13.8 Å². The standard InChI is InChI=1S/C6H11N3S/c1-4(2)6-8-5(3-7)10-9-6/h4H,3,7H2,1-2H3. The summed E-state index contributed by atoms with van der Waals surface area (Å²) in [7, 11) is 0. The van der Waals surface area contributed by atoms with Crippen LogP contribution < -0.4 is 5.73 Å². The minimum absolute atomic E-state index is 0.413. The molecule has 0 aliphatic rings. The highest BCUT2D eigenvalue weighted by Gasteiger charge is 2.05. The smallest absolute Gasteiger partial charge is 0.145 e. The van der Waals surface area contributed by atoms with Gasteiger partial charge < -0.3 is 5.73 Å². The first-order valence-electron chi connectivity index (χ1n) is 3.26. The van der Waals surface area contributed by atoms with Crippen molar-refractivity contribution in [1.29, 1.82) is 0 Å². The molecule has 0 aliphatic heterocycles. The largest absolute Gasteiger partial charge is 0.324 e. The maximum atomic E-state index is 5.37. The molecule has 0 atom stereocenters. The molecule has 0 spiro atoms. The Bertz CT molecular complexity index is 207. The normalized spacial score (nSPS) is 10.8. The maximum Gasteiger partial charge on any atom is 0.145 e. The third kappa shape index (κ3) is 1.52. The molecular weight excluding hydrogens is 146 g/mol. The molecule has 0 fully saturated rings. The second-order valence-electron chi connectivity index (χ2n) is 2.41. The highest BCUT2D eigenvalue weighted by atomic mass is 32.1. The van der Waals surface area contributed by atoms with E-state index in [1.807, 2.05) is 0 Å². The molecular formula is C6H11N3S. The monoisotopic (exact) mass is 157 g/mol. The quantitative estimate of drug-likeness (QED) is 0.700. The Morgan fingerprint density at radius 2 is 2.30 bits per heavy atom. The molecule has 1 rings (SSSR count). The molecule has 0 saturated heterocycles. The van der Waals surface area contributed by atoms with Crippen LogP contribution in [0.3, 0.4) is 0 Å². The van der Waals surface area contributed by atoms with Crippen molar-refractivity contribution in [3.63, 3.8) is 0 Å². The van der Waals surface area contributed by atoms with Crippen LogP contribution in [-0.4, -0.2) is 9.36 Å². The van der Waals surface area contributed by atoms with E-state index in [9.17, 15) is 0 Å². The molecule has 0 aromatic carbocycles. The van der Waals surface area contributed by atoms with Crippen LogP contribution in [0.4, 0.5) is 0 Å². The average Bonchev–Trinajstić information content (AvgIpc) is 2.34. The van der Waals surface area contributed by atoms with Crippen molar-refractivity contribution < 1.29 is 0 Å². The zero-order chi connectivity index (χ0) is 7.56. The molecule has 56 valence electrons. The SMILES string of the molecule is CC(C)c1nsc(CN)n1. The van der Waals surface area contributed by atoms with Crippen molar-refractivity contribution in [3.8, 4) is 0 Å². The van der Waals surface area contributed by atoms with Crippen LogP contribution >= 0.6 is 11.5 Å². The number of hydrogen-bond donors (Lipinski definition) is 1. The highest BCUT2D eigenvalue weighted by Crippen LogP contribution is 2.12. The summed E-state index contributed by atoms with van der Waals surface area (Å²) < 4.78 is 4.14. The van der Waals surface area contributed by atoms with Crippen molar-refractivity contribution in [3.05, 3.63) is 10.8 Å². The van der Waals surface area contributed by atoms with Crippen LogP contribution in [0.1, 0.15) is 30.6 Å². The summed E-state index contributed by atoms with van der Waals surface area (Å²) in [5.41, 5.74) is 5.37. The van der Waals surface area contributed by atoms with E-state index in [2.05, 4.69) is 23.2 Å². The maximum absolute atomic E-state index is 5.37. The molecule has 0 radical (unpaired) electrons. The van der Waals surface area contributed by atoms with E-state index < -0.39 is 0 Å². The molecule has 0 unspecified atom stereocenters. The van der Waals surface area contributed by atoms with E-state index in [0.29, 0.717) is 12.5 Å². The van der Waals surface area contributed by atoms with Gasteiger partial charge >= 0.3 is 0 Å². The lowest BCUT2D eigenvalue weighted by molar-refractivity contribution is 0.790. The molecule has 0 aliphatic carbocycles. The number of rotatable bonds is 2. The highest BCUT2D eigenvalue weighted by molar-refractivity contribution is 7.05. The third-order valence-electron chi connectivity index (χ3n) is 1.17. The Kier molecular flexibility index (Phi) is 2.34. The van der Waals surface area contributed by atoms with Gasteiger partial charge in [0.05, 0.1) is 0 Å². The number of nitrogens with zero attached hydrogens (tertiary/aromatic N) is 2. The van der Waals surface area contributed by atoms with E-state index in [0.717, 1.165) is 10.8 Å². The molecule has 1 aromatic heterocycles. The Hall–Kier alpha value is -0.480. The first-order chi connectivity index (χ1) is 4.74. The molecule has 1 heterocycles. The fraction of sp³-hybridized carbons (Fsp3) is 0.667. The van der Waals surface area contributed by atoms with E-state index in [1.165, 1.54) is 11.5 Å². The fourth-order valence-corrected chi connectivity index (χ4v) is 1.24. The molecule has 0 bridgehead atoms. The Labute approximate surface area is 64.5 Å². The third-order valence-corrected chi connectivity index (χ3v) is 1.92. The lowest BCUT2D eigenvalue weighted by Crippen LogP contribution is -1.96. The van der Waals surface area contributed by atoms with Gasteiger partial charge in [0, 0.05) is 12.5 Å². The minimum Gasteiger partial charge on any atom is -0.324 e. The second-order valence-corrected chi connectivity index (χ2v) is 3.24. The Morgan fingerprint density at radius 3 is 2.60 bits per heavy atom. The number of hydrogen-bond acceptors (Lipinski definition) is 4. The van der Waals surface area contributed by atoms with Gasteiger partial charge in [-0.25, -0.2) is 4.98 Å². The van der Waals surface area contributed by atoms with Gasteiger partial charge in [0.25, 0.3) is 0 Å². The van der Waals surface area contributed by atoms with Crippen LogP contribution in [0.2, 0.25) is 0 Å². The molecule has 0 amide bonds. The van der Waals surface area contributed by atoms with Crippen LogP contribution in [0.15, 0.2) is 0 Å². The summed E-state index contributed by atoms with van der Waals surface area (Å²) in [4.78, 5) is 4.21. The topological polar surface area (TPSA) is 51.8 Å². The van der Waals surface area contributed by atoms with E-state index in [-0.39, 0.29) is 0 Å². The molecule has 3 nitrogen and oxygen atoms in total. The summed E-state index contributed by atoms with van der Waals surface area (Å²) in [6.07, 6.45) is 0.